The van der Waals surface area contributed by atoms with Crippen molar-refractivity contribution < 1.29 is 33.9 Å². The van der Waals surface area contributed by atoms with Gasteiger partial charge < -0.3 is 42.7 Å². The highest BCUT2D eigenvalue weighted by molar-refractivity contribution is 8.14. The second kappa shape index (κ2) is 23.2. The Balaban J connectivity index is 0.954. The molecule has 0 aliphatic carbocycles. The van der Waals surface area contributed by atoms with Crippen LogP contribution in [0.4, 0.5) is 11.6 Å². The molecule has 7 rings (SSSR count). The number of benzene rings is 2. The third kappa shape index (κ3) is 13.4. The molecule has 21 nitrogen and oxygen atoms in total. The predicted molar refractivity (Wildman–Crippen MR) is 274 cm³/mol. The number of carbonyl (C=O) groups excluding carboxylic acids is 5. The summed E-state index contributed by atoms with van der Waals surface area (Å²) in [6.07, 6.45) is 5.36. The molecule has 2 aliphatic rings. The highest BCUT2D eigenvalue weighted by atomic mass is 32.2. The highest BCUT2D eigenvalue weighted by Gasteiger charge is 2.42. The van der Waals surface area contributed by atoms with Crippen LogP contribution in [0.3, 0.4) is 0 Å². The maximum absolute atomic E-state index is 13.8. The fourth-order valence-electron chi connectivity index (χ4n) is 7.39. The van der Waals surface area contributed by atoms with Gasteiger partial charge in [-0.1, -0.05) is 50.3 Å². The van der Waals surface area contributed by atoms with E-state index in [1.54, 1.807) is 25.1 Å². The normalized spacial score (nSPS) is 18.9. The van der Waals surface area contributed by atoms with Crippen molar-refractivity contribution in [1.82, 2.24) is 51.5 Å². The molecule has 0 unspecified atom stereocenters. The number of amides is 5. The second-order valence-corrected chi connectivity index (χ2v) is 19.8. The van der Waals surface area contributed by atoms with Crippen molar-refractivity contribution in [2.75, 3.05) is 22.6 Å². The van der Waals surface area contributed by atoms with Crippen LogP contribution in [0.2, 0.25) is 0 Å². The first kappa shape index (κ1) is 51.7. The summed E-state index contributed by atoms with van der Waals surface area (Å²) >= 11 is 7.01. The summed E-state index contributed by atoms with van der Waals surface area (Å²) in [6.45, 7) is 5.87. The van der Waals surface area contributed by atoms with E-state index >= 15 is 0 Å². The van der Waals surface area contributed by atoms with Gasteiger partial charge in [0.25, 0.3) is 11.5 Å². The average Bonchev–Trinajstić information content (AvgIpc) is 3.96. The third-order valence-corrected chi connectivity index (χ3v) is 14.0. The fraction of sp³-hybridized carbons (Fsp3) is 0.362. The average molecular weight is 1020 g/mol. The zero-order valence-electron chi connectivity index (χ0n) is 38.9. The van der Waals surface area contributed by atoms with Crippen LogP contribution in [0.25, 0.3) is 21.6 Å². The Morgan fingerprint density at radius 2 is 1.77 bits per heavy atom. The number of thioether (sulfide) groups is 1. The number of aliphatic carboxylic acids is 1. The molecule has 4 atom stereocenters. The maximum atomic E-state index is 13.8. The summed E-state index contributed by atoms with van der Waals surface area (Å²) in [5.74, 6) is -2.86. The van der Waals surface area contributed by atoms with Crippen LogP contribution in [0, 0.1) is 5.92 Å². The zero-order chi connectivity index (χ0) is 50.8. The van der Waals surface area contributed by atoms with E-state index in [1.807, 2.05) is 44.2 Å². The molecule has 0 saturated carbocycles. The van der Waals surface area contributed by atoms with E-state index in [1.165, 1.54) is 41.4 Å². The molecular weight excluding hydrogens is 971 g/mol. The first-order chi connectivity index (χ1) is 34.0. The second-order valence-electron chi connectivity index (χ2n) is 17.3. The number of hydrogen-bond acceptors (Lipinski definition) is 17. The van der Waals surface area contributed by atoms with E-state index in [0.717, 1.165) is 16.0 Å². The number of carbonyl (C=O) groups is 6. The van der Waals surface area contributed by atoms with Gasteiger partial charge in [0.1, 0.15) is 33.4 Å². The van der Waals surface area contributed by atoms with E-state index in [-0.39, 0.29) is 73.4 Å². The Kier molecular flexibility index (Phi) is 16.9. The largest absolute Gasteiger partial charge is 0.480 e. The number of allylic oxidation sites excluding steroid dienone is 1. The van der Waals surface area contributed by atoms with Gasteiger partial charge in [0.2, 0.25) is 29.6 Å². The molecule has 71 heavy (non-hydrogen) atoms. The SMILES string of the molecule is CC(C)[C@@H]1NC(=O)[C@]2(C)CSC(=N2)c2nc(sc2-c2ccc(CNC(=O)CC[C@H](NC(=O)c3ccc(NCc4cnc5nc(N)[nH]c(=O)c5n4)cc3)C(=O)O)cc2)CNC(=O)C[C@@H](/C=C/CCS)NC1=O. The van der Waals surface area contributed by atoms with E-state index in [2.05, 4.69) is 64.5 Å². The highest BCUT2D eigenvalue weighted by Crippen LogP contribution is 2.38. The van der Waals surface area contributed by atoms with E-state index in [9.17, 15) is 38.7 Å². The smallest absolute Gasteiger partial charge is 0.326 e. The number of anilines is 2. The van der Waals surface area contributed by atoms with Crippen LogP contribution in [-0.4, -0.2) is 106 Å². The predicted octanol–water partition coefficient (Wildman–Crippen LogP) is 3.08. The number of nitrogens with two attached hydrogens (primary N) is 1. The molecule has 0 fully saturated rings. The molecule has 2 aromatic carbocycles. The molecule has 5 aromatic rings. The quantitative estimate of drug-likeness (QED) is 0.0502. The van der Waals surface area contributed by atoms with E-state index in [0.29, 0.717) is 45.1 Å². The number of thiazole rings is 1. The molecule has 5 heterocycles. The van der Waals surface area contributed by atoms with Gasteiger partial charge >= 0.3 is 5.97 Å². The van der Waals surface area contributed by atoms with Crippen molar-refractivity contribution in [2.24, 2.45) is 10.9 Å². The number of aromatic amines is 1. The number of aliphatic imine (C=N–C) groups is 1. The molecule has 3 aromatic heterocycles. The third-order valence-electron chi connectivity index (χ3n) is 11.3. The number of thiol groups is 1. The summed E-state index contributed by atoms with van der Waals surface area (Å²) in [5.41, 5.74) is 7.39. The van der Waals surface area contributed by atoms with Gasteiger partial charge in [-0.3, -0.25) is 38.7 Å². The van der Waals surface area contributed by atoms with E-state index < -0.39 is 58.8 Å². The molecule has 10 N–H and O–H groups in total. The molecule has 372 valence electrons. The molecule has 0 saturated heterocycles. The van der Waals surface area contributed by atoms with Gasteiger partial charge in [-0.25, -0.2) is 19.7 Å². The summed E-state index contributed by atoms with van der Waals surface area (Å²) in [5, 5.41) is 28.3. The van der Waals surface area contributed by atoms with Crippen LogP contribution < -0.4 is 43.2 Å². The number of nitrogens with zero attached hydrogens (tertiary/aromatic N) is 5. The fourth-order valence-corrected chi connectivity index (χ4v) is 9.78. The summed E-state index contributed by atoms with van der Waals surface area (Å²) < 4.78 is 0. The van der Waals surface area contributed by atoms with Crippen LogP contribution >= 0.6 is 35.7 Å². The van der Waals surface area contributed by atoms with Crippen molar-refractivity contribution in [1.29, 1.82) is 0 Å². The summed E-state index contributed by atoms with van der Waals surface area (Å²) in [4.78, 5) is 116. The number of nitrogen functional groups attached to an aromatic ring is 1. The lowest BCUT2D eigenvalue weighted by Crippen LogP contribution is -2.56. The van der Waals surface area contributed by atoms with E-state index in [4.69, 9.17) is 15.7 Å². The number of hydrogen-bond donors (Lipinski definition) is 10. The Bertz CT molecular complexity index is 2940. The van der Waals surface area contributed by atoms with Crippen molar-refractivity contribution in [3.63, 3.8) is 0 Å². The Labute approximate surface area is 421 Å². The van der Waals surface area contributed by atoms with Crippen LogP contribution in [0.5, 0.6) is 0 Å². The monoisotopic (exact) mass is 1020 g/mol. The minimum atomic E-state index is -1.34. The molecule has 5 amide bonds. The lowest BCUT2D eigenvalue weighted by atomic mass is 9.99. The number of H-pyrrole nitrogens is 1. The van der Waals surface area contributed by atoms with Crippen molar-refractivity contribution in [2.45, 2.75) is 89.8 Å². The molecule has 0 radical (unpaired) electrons. The molecule has 24 heteroatoms. The van der Waals surface area contributed by atoms with Crippen molar-refractivity contribution in [3.8, 4) is 10.4 Å². The molecule has 0 spiro atoms. The minimum Gasteiger partial charge on any atom is -0.480 e. The Morgan fingerprint density at radius 3 is 2.49 bits per heavy atom. The summed E-state index contributed by atoms with van der Waals surface area (Å²) in [6, 6.07) is 10.9. The van der Waals surface area contributed by atoms with Crippen molar-refractivity contribution in [3.05, 3.63) is 105 Å². The van der Waals surface area contributed by atoms with Gasteiger partial charge in [0, 0.05) is 30.0 Å². The number of carboxylic acid groups (broad SMARTS) is 1. The molecule has 2 aliphatic heterocycles. The van der Waals surface area contributed by atoms with Crippen LogP contribution in [-0.2, 0) is 43.6 Å². The Hall–Kier alpha value is -7.18. The molecular formula is C47H53N13O8S3. The van der Waals surface area contributed by atoms with Gasteiger partial charge in [-0.05, 0) is 66.8 Å². The van der Waals surface area contributed by atoms with Gasteiger partial charge in [0.05, 0.1) is 42.3 Å². The van der Waals surface area contributed by atoms with Crippen molar-refractivity contribution >= 4 is 99.1 Å². The maximum Gasteiger partial charge on any atom is 0.326 e. The van der Waals surface area contributed by atoms with Crippen LogP contribution in [0.15, 0.2) is 76.7 Å². The van der Waals surface area contributed by atoms with Crippen LogP contribution in [0.1, 0.15) is 78.8 Å². The number of aromatic nitrogens is 5. The number of nitrogens with one attached hydrogen (secondary N) is 7. The number of carboxylic acids is 1. The lowest BCUT2D eigenvalue weighted by molar-refractivity contribution is -0.139. The number of fused-ring (bicyclic) bond motifs is 5. The van der Waals surface area contributed by atoms with Gasteiger partial charge in [-0.15, -0.1) is 23.1 Å². The van der Waals surface area contributed by atoms with Gasteiger partial charge in [0.15, 0.2) is 11.2 Å². The van der Waals surface area contributed by atoms with Gasteiger partial charge in [-0.2, -0.15) is 17.6 Å². The topological polar surface area (TPSA) is 318 Å². The Morgan fingerprint density at radius 1 is 1.01 bits per heavy atom. The zero-order valence-corrected chi connectivity index (χ0v) is 41.4. The standard InChI is InChI=1S/C47H53N13O8S3/c1-24(2)35-41(64)54-29(6-4-5-17-69)18-33(62)51-22-34-56-36(43-60-47(3,23-70-43)45(68)57-35)38(71-34)26-9-7-25(8-10-26)19-50-32(61)16-15-31(44(66)67)55-40(63)27-11-13-28(14-12-27)49-20-30-21-52-39-37(53-30)42(65)59-46(48)58-39/h4,6-14,21,24,29,31,35,49,69H,5,15-20,22-23H2,1-3H3,(H,50,61)(H,51,62)(H,54,64)(H,55,63)(H,57,68)(H,66,67)(H3,48,52,58,59,65)/b6-4+/t29-,31+,35+,47+/m1/s1. The number of rotatable bonds is 16. The molecule has 4 bridgehead atoms. The minimum absolute atomic E-state index is 0.0301. The first-order valence-electron chi connectivity index (χ1n) is 22.6. The summed E-state index contributed by atoms with van der Waals surface area (Å²) in [7, 11) is 0. The first-order valence-corrected chi connectivity index (χ1v) is 25.0. The lowest BCUT2D eigenvalue weighted by Gasteiger charge is -2.27.